The lowest BCUT2D eigenvalue weighted by Gasteiger charge is -2.23. The Kier molecular flexibility index (Phi) is 7.19. The smallest absolute Gasteiger partial charge is 0.241 e. The first-order valence-corrected chi connectivity index (χ1v) is 11.3. The standard InChI is InChI=1S/C19H29N5O2S2/c1-14-22-16(13-27-14)12-24(6)18(20-5)21-11-15-9-7-8-10-17(15)28(25,26)23-19(2,3)4/h7-10,13,23H,11-12H2,1-6H3,(H,20,21). The van der Waals surface area contributed by atoms with Crippen molar-refractivity contribution in [1.29, 1.82) is 0 Å². The normalized spacial score (nSPS) is 12.9. The van der Waals surface area contributed by atoms with Gasteiger partial charge >= 0.3 is 0 Å². The lowest BCUT2D eigenvalue weighted by molar-refractivity contribution is 0.470. The van der Waals surface area contributed by atoms with E-state index in [4.69, 9.17) is 0 Å². The van der Waals surface area contributed by atoms with E-state index in [2.05, 4.69) is 20.0 Å². The number of aryl methyl sites for hydroxylation is 1. The van der Waals surface area contributed by atoms with Crippen LogP contribution in [0.1, 0.15) is 37.0 Å². The maximum atomic E-state index is 12.8. The number of hydrogen-bond acceptors (Lipinski definition) is 5. The number of rotatable bonds is 6. The molecular weight excluding hydrogens is 394 g/mol. The van der Waals surface area contributed by atoms with Crippen molar-refractivity contribution in [3.8, 4) is 0 Å². The van der Waals surface area contributed by atoms with Crippen LogP contribution in [0.2, 0.25) is 0 Å². The number of aliphatic imine (C=N–C) groups is 1. The summed E-state index contributed by atoms with van der Waals surface area (Å²) in [5.74, 6) is 0.668. The zero-order valence-electron chi connectivity index (χ0n) is 17.3. The number of aromatic nitrogens is 1. The molecular formula is C19H29N5O2S2. The summed E-state index contributed by atoms with van der Waals surface area (Å²) in [5, 5.41) is 6.30. The van der Waals surface area contributed by atoms with Crippen LogP contribution in [0.15, 0.2) is 39.5 Å². The second-order valence-electron chi connectivity index (χ2n) is 7.58. The van der Waals surface area contributed by atoms with E-state index in [-0.39, 0.29) is 4.90 Å². The molecule has 2 N–H and O–H groups in total. The van der Waals surface area contributed by atoms with Gasteiger partial charge in [-0.15, -0.1) is 11.3 Å². The molecule has 0 atom stereocenters. The van der Waals surface area contributed by atoms with Crippen LogP contribution in [0.3, 0.4) is 0 Å². The molecule has 0 amide bonds. The van der Waals surface area contributed by atoms with E-state index >= 15 is 0 Å². The summed E-state index contributed by atoms with van der Waals surface area (Å²) in [4.78, 5) is 11.0. The zero-order valence-corrected chi connectivity index (χ0v) is 18.9. The summed E-state index contributed by atoms with van der Waals surface area (Å²) in [6.07, 6.45) is 0. The Labute approximate surface area is 172 Å². The number of hydrogen-bond donors (Lipinski definition) is 2. The summed E-state index contributed by atoms with van der Waals surface area (Å²) < 4.78 is 28.3. The highest BCUT2D eigenvalue weighted by Gasteiger charge is 2.24. The van der Waals surface area contributed by atoms with Gasteiger partial charge in [-0.3, -0.25) is 4.99 Å². The third kappa shape index (κ3) is 6.29. The number of nitrogens with zero attached hydrogens (tertiary/aromatic N) is 3. The molecule has 1 heterocycles. The third-order valence-corrected chi connectivity index (χ3v) is 6.46. The summed E-state index contributed by atoms with van der Waals surface area (Å²) in [5.41, 5.74) is 1.10. The highest BCUT2D eigenvalue weighted by molar-refractivity contribution is 7.89. The van der Waals surface area contributed by atoms with Crippen LogP contribution < -0.4 is 10.0 Å². The Morgan fingerprint density at radius 2 is 1.96 bits per heavy atom. The maximum Gasteiger partial charge on any atom is 0.241 e. The van der Waals surface area contributed by atoms with Gasteiger partial charge in [-0.1, -0.05) is 18.2 Å². The van der Waals surface area contributed by atoms with Crippen LogP contribution in [0.5, 0.6) is 0 Å². The fraction of sp³-hybridized carbons (Fsp3) is 0.474. The van der Waals surface area contributed by atoms with Gasteiger partial charge in [-0.25, -0.2) is 18.1 Å². The molecule has 0 spiro atoms. The summed E-state index contributed by atoms with van der Waals surface area (Å²) in [6, 6.07) is 6.99. The number of sulfonamides is 1. The minimum Gasteiger partial charge on any atom is -0.352 e. The topological polar surface area (TPSA) is 86.7 Å². The van der Waals surface area contributed by atoms with Crippen LogP contribution in [0.25, 0.3) is 0 Å². The molecule has 1 aromatic heterocycles. The van der Waals surface area contributed by atoms with Crippen molar-refractivity contribution in [3.05, 3.63) is 45.9 Å². The molecule has 2 rings (SSSR count). The molecule has 0 bridgehead atoms. The van der Waals surface area contributed by atoms with Crippen LogP contribution >= 0.6 is 11.3 Å². The molecule has 0 saturated heterocycles. The monoisotopic (exact) mass is 423 g/mol. The van der Waals surface area contributed by atoms with Crippen molar-refractivity contribution in [3.63, 3.8) is 0 Å². The number of nitrogens with one attached hydrogen (secondary N) is 2. The van der Waals surface area contributed by atoms with Gasteiger partial charge in [0.1, 0.15) is 0 Å². The van der Waals surface area contributed by atoms with E-state index in [1.54, 1.807) is 36.6 Å². The fourth-order valence-electron chi connectivity index (χ4n) is 2.73. The molecule has 2 aromatic rings. The Morgan fingerprint density at radius 3 is 2.54 bits per heavy atom. The predicted octanol–water partition coefficient (Wildman–Crippen LogP) is 2.74. The Hall–Kier alpha value is -1.97. The molecule has 0 aliphatic carbocycles. The maximum absolute atomic E-state index is 12.8. The Balaban J connectivity index is 2.13. The summed E-state index contributed by atoms with van der Waals surface area (Å²) >= 11 is 1.61. The molecule has 0 aliphatic heterocycles. The molecule has 0 aliphatic rings. The molecule has 0 saturated carbocycles. The third-order valence-electron chi connectivity index (χ3n) is 3.78. The minimum atomic E-state index is -3.62. The van der Waals surface area contributed by atoms with E-state index in [9.17, 15) is 8.42 Å². The molecule has 28 heavy (non-hydrogen) atoms. The number of guanidine groups is 1. The number of thiazole rings is 1. The molecule has 154 valence electrons. The van der Waals surface area contributed by atoms with Crippen LogP contribution in [0.4, 0.5) is 0 Å². The van der Waals surface area contributed by atoms with Gasteiger partial charge in [0.05, 0.1) is 22.1 Å². The van der Waals surface area contributed by atoms with Crippen molar-refractivity contribution < 1.29 is 8.42 Å². The average molecular weight is 424 g/mol. The van der Waals surface area contributed by atoms with Crippen molar-refractivity contribution in [2.45, 2.75) is 51.2 Å². The van der Waals surface area contributed by atoms with Crippen molar-refractivity contribution >= 4 is 27.3 Å². The lowest BCUT2D eigenvalue weighted by atomic mass is 10.1. The molecule has 0 radical (unpaired) electrons. The Morgan fingerprint density at radius 1 is 1.29 bits per heavy atom. The highest BCUT2D eigenvalue weighted by atomic mass is 32.2. The van der Waals surface area contributed by atoms with Crippen LogP contribution in [-0.2, 0) is 23.1 Å². The first kappa shape index (κ1) is 22.3. The molecule has 1 aromatic carbocycles. The van der Waals surface area contributed by atoms with E-state index in [1.807, 2.05) is 51.1 Å². The van der Waals surface area contributed by atoms with Crippen molar-refractivity contribution in [1.82, 2.24) is 19.9 Å². The fourth-order valence-corrected chi connectivity index (χ4v) is 4.99. The van der Waals surface area contributed by atoms with Gasteiger partial charge in [-0.2, -0.15) is 0 Å². The number of benzene rings is 1. The lowest BCUT2D eigenvalue weighted by Crippen LogP contribution is -2.41. The first-order chi connectivity index (χ1) is 13.0. The highest BCUT2D eigenvalue weighted by Crippen LogP contribution is 2.18. The summed E-state index contributed by atoms with van der Waals surface area (Å²) in [6.45, 7) is 8.40. The van der Waals surface area contributed by atoms with E-state index in [0.717, 1.165) is 10.7 Å². The second-order valence-corrected chi connectivity index (χ2v) is 10.3. The zero-order chi connectivity index (χ0) is 20.9. The van der Waals surface area contributed by atoms with Crippen molar-refractivity contribution in [2.75, 3.05) is 14.1 Å². The summed E-state index contributed by atoms with van der Waals surface area (Å²) in [7, 11) is 0.00634. The SMILES string of the molecule is CN=C(NCc1ccccc1S(=O)(=O)NC(C)(C)C)N(C)Cc1csc(C)n1. The van der Waals surface area contributed by atoms with E-state index in [0.29, 0.717) is 24.6 Å². The van der Waals surface area contributed by atoms with Gasteiger partial charge in [-0.05, 0) is 39.3 Å². The van der Waals surface area contributed by atoms with Gasteiger partial charge in [0.2, 0.25) is 10.0 Å². The van der Waals surface area contributed by atoms with Crippen molar-refractivity contribution in [2.24, 2.45) is 4.99 Å². The average Bonchev–Trinajstić information content (AvgIpc) is 2.98. The Bertz CT molecular complexity index is 930. The molecule has 7 nitrogen and oxygen atoms in total. The van der Waals surface area contributed by atoms with Gasteiger partial charge in [0.15, 0.2) is 5.96 Å². The molecule has 0 unspecified atom stereocenters. The predicted molar refractivity (Wildman–Crippen MR) is 115 cm³/mol. The van der Waals surface area contributed by atoms with Gasteiger partial charge < -0.3 is 10.2 Å². The second kappa shape index (κ2) is 9.02. The molecule has 0 fully saturated rings. The molecule has 9 heteroatoms. The van der Waals surface area contributed by atoms with Gasteiger partial charge in [0.25, 0.3) is 0 Å². The first-order valence-electron chi connectivity index (χ1n) is 8.96. The van der Waals surface area contributed by atoms with Crippen LogP contribution in [0, 0.1) is 6.92 Å². The van der Waals surface area contributed by atoms with Gasteiger partial charge in [0, 0.05) is 31.6 Å². The quantitative estimate of drug-likeness (QED) is 0.551. The largest absolute Gasteiger partial charge is 0.352 e. The van der Waals surface area contributed by atoms with E-state index in [1.165, 1.54) is 0 Å². The van der Waals surface area contributed by atoms with Crippen LogP contribution in [-0.4, -0.2) is 43.9 Å². The minimum absolute atomic E-state index is 0.269. The van der Waals surface area contributed by atoms with E-state index < -0.39 is 15.6 Å².